The average Bonchev–Trinajstić information content (AvgIpc) is 2.88. The number of aromatic nitrogens is 1. The van der Waals surface area contributed by atoms with Gasteiger partial charge in [0.15, 0.2) is 11.5 Å². The lowest BCUT2D eigenvalue weighted by molar-refractivity contribution is 0.198. The molecule has 1 aliphatic heterocycles. The van der Waals surface area contributed by atoms with Crippen molar-refractivity contribution in [1.29, 1.82) is 0 Å². The van der Waals surface area contributed by atoms with Crippen LogP contribution < -0.4 is 20.1 Å². The third-order valence-electron chi connectivity index (χ3n) is 6.84. The van der Waals surface area contributed by atoms with Crippen molar-refractivity contribution in [2.45, 2.75) is 59.5 Å². The van der Waals surface area contributed by atoms with E-state index in [1.807, 2.05) is 38.2 Å². The Bertz CT molecular complexity index is 1120. The van der Waals surface area contributed by atoms with Gasteiger partial charge in [-0.3, -0.25) is 4.98 Å². The highest BCUT2D eigenvalue weighted by Crippen LogP contribution is 2.36. The van der Waals surface area contributed by atoms with E-state index >= 15 is 0 Å². The number of hydrogen-bond acceptors (Lipinski definition) is 6. The Kier molecular flexibility index (Phi) is 8.83. The van der Waals surface area contributed by atoms with Gasteiger partial charge in [-0.25, -0.2) is 0 Å². The van der Waals surface area contributed by atoms with E-state index in [0.717, 1.165) is 59.8 Å². The predicted molar refractivity (Wildman–Crippen MR) is 145 cm³/mol. The third-order valence-corrected chi connectivity index (χ3v) is 6.84. The number of hydrogen-bond donors (Lipinski definition) is 2. The molecule has 1 aliphatic rings. The molecule has 3 aromatic rings. The molecule has 1 fully saturated rings. The topological polar surface area (TPSA) is 58.7 Å². The summed E-state index contributed by atoms with van der Waals surface area (Å²) in [6.07, 6.45) is 5.34. The fourth-order valence-electron chi connectivity index (χ4n) is 5.04. The van der Waals surface area contributed by atoms with Crippen LogP contribution in [0.3, 0.4) is 0 Å². The number of fused-ring (bicyclic) bond motifs is 1. The van der Waals surface area contributed by atoms with E-state index in [-0.39, 0.29) is 0 Å². The van der Waals surface area contributed by atoms with E-state index in [2.05, 4.69) is 52.6 Å². The van der Waals surface area contributed by atoms with E-state index in [1.165, 1.54) is 30.5 Å². The third kappa shape index (κ3) is 6.06. The molecule has 0 aliphatic carbocycles. The second-order valence-corrected chi connectivity index (χ2v) is 9.08. The van der Waals surface area contributed by atoms with Crippen LogP contribution in [0.15, 0.2) is 42.6 Å². The molecule has 6 nitrogen and oxygen atoms in total. The summed E-state index contributed by atoms with van der Waals surface area (Å²) in [7, 11) is 0. The van der Waals surface area contributed by atoms with Crippen LogP contribution in [0.5, 0.6) is 11.5 Å². The van der Waals surface area contributed by atoms with Gasteiger partial charge in [-0.05, 0) is 75.5 Å². The molecule has 35 heavy (non-hydrogen) atoms. The number of pyridine rings is 1. The molecular formula is C29H40N4O2. The maximum absolute atomic E-state index is 5.88. The molecule has 1 aromatic heterocycles. The van der Waals surface area contributed by atoms with Gasteiger partial charge >= 0.3 is 0 Å². The summed E-state index contributed by atoms with van der Waals surface area (Å²) < 4.78 is 11.7. The minimum atomic E-state index is 0.561. The molecule has 2 aromatic carbocycles. The predicted octanol–water partition coefficient (Wildman–Crippen LogP) is 5.91. The highest BCUT2D eigenvalue weighted by molar-refractivity contribution is 5.95. The van der Waals surface area contributed by atoms with Crippen LogP contribution in [0.25, 0.3) is 10.9 Å². The van der Waals surface area contributed by atoms with Crippen molar-refractivity contribution in [3.63, 3.8) is 0 Å². The maximum atomic E-state index is 5.88. The number of ether oxygens (including phenoxy) is 2. The number of benzene rings is 2. The standard InChI is InChI=1S/C29H40N4O2/c1-5-23-21(19-31-22-12-10-16-33(6-2)20-22)11-9-13-25(23)32-26-14-15-30-27-18-29(35-8-4)28(34-7-3)17-24(26)27/h9,11,13-15,17-18,22,31H,5-8,10,12,16,19-20H2,1-4H3,(H,30,32). The fourth-order valence-corrected chi connectivity index (χ4v) is 5.04. The number of likely N-dealkylation sites (N-methyl/N-ethyl adjacent to an activating group) is 1. The Labute approximate surface area is 210 Å². The van der Waals surface area contributed by atoms with Crippen LogP contribution in [0, 0.1) is 0 Å². The second kappa shape index (κ2) is 12.2. The summed E-state index contributed by atoms with van der Waals surface area (Å²) >= 11 is 0. The van der Waals surface area contributed by atoms with Crippen molar-refractivity contribution in [3.8, 4) is 11.5 Å². The first-order chi connectivity index (χ1) is 17.2. The Morgan fingerprint density at radius 3 is 2.54 bits per heavy atom. The average molecular weight is 477 g/mol. The summed E-state index contributed by atoms with van der Waals surface area (Å²) in [4.78, 5) is 7.14. The van der Waals surface area contributed by atoms with E-state index in [1.54, 1.807) is 0 Å². The Morgan fingerprint density at radius 1 is 1.00 bits per heavy atom. The van der Waals surface area contributed by atoms with Crippen LogP contribution in [-0.4, -0.2) is 48.8 Å². The van der Waals surface area contributed by atoms with Crippen LogP contribution in [-0.2, 0) is 13.0 Å². The lowest BCUT2D eigenvalue weighted by Gasteiger charge is -2.32. The maximum Gasteiger partial charge on any atom is 0.163 e. The van der Waals surface area contributed by atoms with Crippen LogP contribution in [0.2, 0.25) is 0 Å². The van der Waals surface area contributed by atoms with Gasteiger partial charge in [0.25, 0.3) is 0 Å². The highest BCUT2D eigenvalue weighted by atomic mass is 16.5. The van der Waals surface area contributed by atoms with Crippen LogP contribution >= 0.6 is 0 Å². The monoisotopic (exact) mass is 476 g/mol. The molecule has 4 rings (SSSR count). The number of nitrogens with one attached hydrogen (secondary N) is 2. The minimum Gasteiger partial charge on any atom is -0.490 e. The summed E-state index contributed by atoms with van der Waals surface area (Å²) in [6, 6.07) is 13.2. The summed E-state index contributed by atoms with van der Waals surface area (Å²) in [5.41, 5.74) is 5.76. The zero-order valence-corrected chi connectivity index (χ0v) is 21.7. The molecule has 1 atom stereocenters. The normalized spacial score (nSPS) is 16.4. The number of nitrogens with zero attached hydrogens (tertiary/aromatic N) is 2. The Hall–Kier alpha value is -2.83. The van der Waals surface area contributed by atoms with Gasteiger partial charge in [0.2, 0.25) is 0 Å². The molecular weight excluding hydrogens is 436 g/mol. The molecule has 1 unspecified atom stereocenters. The first kappa shape index (κ1) is 25.3. The molecule has 0 amide bonds. The number of anilines is 2. The Balaban J connectivity index is 1.59. The molecule has 2 heterocycles. The first-order valence-corrected chi connectivity index (χ1v) is 13.2. The largest absolute Gasteiger partial charge is 0.490 e. The van der Waals surface area contributed by atoms with Gasteiger partial charge in [0, 0.05) is 48.2 Å². The van der Waals surface area contributed by atoms with E-state index < -0.39 is 0 Å². The molecule has 0 spiro atoms. The quantitative estimate of drug-likeness (QED) is 0.359. The molecule has 2 N–H and O–H groups in total. The van der Waals surface area contributed by atoms with Crippen molar-refractivity contribution < 1.29 is 9.47 Å². The molecule has 0 saturated carbocycles. The molecule has 1 saturated heterocycles. The van der Waals surface area contributed by atoms with Gasteiger partial charge in [0.05, 0.1) is 18.7 Å². The van der Waals surface area contributed by atoms with E-state index in [0.29, 0.717) is 19.3 Å². The van der Waals surface area contributed by atoms with Gasteiger partial charge in [-0.1, -0.05) is 26.0 Å². The van der Waals surface area contributed by atoms with Crippen LogP contribution in [0.4, 0.5) is 11.4 Å². The number of rotatable bonds is 11. The van der Waals surface area contributed by atoms with Gasteiger partial charge < -0.3 is 25.0 Å². The van der Waals surface area contributed by atoms with Crippen molar-refractivity contribution in [2.75, 3.05) is 38.2 Å². The lowest BCUT2D eigenvalue weighted by Crippen LogP contribution is -2.45. The SMILES string of the molecule is CCOc1cc2nccc(Nc3cccc(CNC4CCCN(CC)C4)c3CC)c2cc1OCC. The van der Waals surface area contributed by atoms with Gasteiger partial charge in [-0.15, -0.1) is 0 Å². The summed E-state index contributed by atoms with van der Waals surface area (Å²) in [6.45, 7) is 14.0. The van der Waals surface area contributed by atoms with Crippen molar-refractivity contribution in [2.24, 2.45) is 0 Å². The molecule has 188 valence electrons. The molecule has 0 radical (unpaired) electrons. The van der Waals surface area contributed by atoms with Gasteiger partial charge in [-0.2, -0.15) is 0 Å². The zero-order chi connectivity index (χ0) is 24.6. The number of piperidine rings is 1. The second-order valence-electron chi connectivity index (χ2n) is 9.08. The number of likely N-dealkylation sites (tertiary alicyclic amines) is 1. The first-order valence-electron chi connectivity index (χ1n) is 13.2. The minimum absolute atomic E-state index is 0.561. The fraction of sp³-hybridized carbons (Fsp3) is 0.483. The molecule has 0 bridgehead atoms. The summed E-state index contributed by atoms with van der Waals surface area (Å²) in [5.74, 6) is 1.48. The zero-order valence-electron chi connectivity index (χ0n) is 21.7. The smallest absolute Gasteiger partial charge is 0.163 e. The highest BCUT2D eigenvalue weighted by Gasteiger charge is 2.19. The van der Waals surface area contributed by atoms with Crippen LogP contribution in [0.1, 0.15) is 51.7 Å². The van der Waals surface area contributed by atoms with E-state index in [9.17, 15) is 0 Å². The van der Waals surface area contributed by atoms with Crippen molar-refractivity contribution in [3.05, 3.63) is 53.7 Å². The lowest BCUT2D eigenvalue weighted by atomic mass is 10.0. The van der Waals surface area contributed by atoms with E-state index in [4.69, 9.17) is 9.47 Å². The summed E-state index contributed by atoms with van der Waals surface area (Å²) in [5, 5.41) is 8.56. The Morgan fingerprint density at radius 2 is 1.80 bits per heavy atom. The van der Waals surface area contributed by atoms with Crippen molar-refractivity contribution in [1.82, 2.24) is 15.2 Å². The van der Waals surface area contributed by atoms with Gasteiger partial charge in [0.1, 0.15) is 0 Å². The van der Waals surface area contributed by atoms with Crippen molar-refractivity contribution >= 4 is 22.3 Å². The molecule has 6 heteroatoms.